The summed E-state index contributed by atoms with van der Waals surface area (Å²) in [4.78, 5) is 0. The molecule has 2 heteroatoms. The van der Waals surface area contributed by atoms with Crippen LogP contribution in [-0.4, -0.2) is 5.11 Å². The fraction of sp³-hybridized carbons (Fsp3) is 0.455. The third-order valence-electron chi connectivity index (χ3n) is 1.86. The number of hydrogen-bond donors (Lipinski definition) is 1. The first-order valence-electron chi connectivity index (χ1n) is 4.63. The summed E-state index contributed by atoms with van der Waals surface area (Å²) < 4.78 is 12.9. The molecule has 1 nitrogen and oxygen atoms in total. The summed E-state index contributed by atoms with van der Waals surface area (Å²) in [5.74, 6) is -0.760. The standard InChI is InChI=1S/C9H11FO.C2H6/c1-3-7-4-5-8(11)9(10)6(7)2;1-2/h4-5,11H,3H2,1-2H3;1-2H3. The van der Waals surface area contributed by atoms with Crippen molar-refractivity contribution in [1.82, 2.24) is 0 Å². The molecule has 0 aromatic heterocycles. The maximum atomic E-state index is 12.9. The first-order valence-corrected chi connectivity index (χ1v) is 4.63. The zero-order valence-electron chi connectivity index (χ0n) is 8.69. The number of halogens is 1. The number of aromatic hydroxyl groups is 1. The molecule has 74 valence electrons. The first kappa shape index (κ1) is 11.9. The normalized spacial score (nSPS) is 9.00. The SMILES string of the molecule is CC.CCc1ccc(O)c(F)c1C. The molecule has 1 aromatic carbocycles. The Balaban J connectivity index is 0.000000671. The number of benzene rings is 1. The van der Waals surface area contributed by atoms with Crippen molar-refractivity contribution in [3.8, 4) is 5.75 Å². The van der Waals surface area contributed by atoms with E-state index in [0.29, 0.717) is 5.56 Å². The molecule has 0 spiro atoms. The zero-order chi connectivity index (χ0) is 10.4. The monoisotopic (exact) mass is 184 g/mol. The minimum Gasteiger partial charge on any atom is -0.505 e. The van der Waals surface area contributed by atoms with Gasteiger partial charge in [-0.15, -0.1) is 0 Å². The van der Waals surface area contributed by atoms with E-state index in [1.807, 2.05) is 20.8 Å². The lowest BCUT2D eigenvalue weighted by molar-refractivity contribution is 0.429. The molecule has 1 rings (SSSR count). The number of phenolic OH excluding ortho intramolecular Hbond substituents is 1. The molecule has 0 saturated heterocycles. The van der Waals surface area contributed by atoms with Gasteiger partial charge >= 0.3 is 0 Å². The molecule has 0 aliphatic rings. The summed E-state index contributed by atoms with van der Waals surface area (Å²) in [5.41, 5.74) is 1.49. The van der Waals surface area contributed by atoms with Crippen LogP contribution >= 0.6 is 0 Å². The van der Waals surface area contributed by atoms with Crippen LogP contribution in [0.25, 0.3) is 0 Å². The van der Waals surface area contributed by atoms with E-state index in [9.17, 15) is 4.39 Å². The molecule has 0 heterocycles. The van der Waals surface area contributed by atoms with Gasteiger partial charge in [0.15, 0.2) is 11.6 Å². The van der Waals surface area contributed by atoms with Crippen molar-refractivity contribution in [3.05, 3.63) is 29.1 Å². The molecule has 0 atom stereocenters. The van der Waals surface area contributed by atoms with E-state index in [4.69, 9.17) is 5.11 Å². The van der Waals surface area contributed by atoms with Crippen molar-refractivity contribution in [2.45, 2.75) is 34.1 Å². The van der Waals surface area contributed by atoms with Crippen LogP contribution in [0.4, 0.5) is 4.39 Å². The van der Waals surface area contributed by atoms with Crippen molar-refractivity contribution in [3.63, 3.8) is 0 Å². The first-order chi connectivity index (χ1) is 6.16. The Morgan fingerprint density at radius 2 is 1.85 bits per heavy atom. The van der Waals surface area contributed by atoms with Gasteiger partial charge < -0.3 is 5.11 Å². The van der Waals surface area contributed by atoms with Crippen LogP contribution < -0.4 is 0 Å². The Morgan fingerprint density at radius 1 is 1.31 bits per heavy atom. The minimum atomic E-state index is -0.496. The van der Waals surface area contributed by atoms with Gasteiger partial charge in [-0.2, -0.15) is 0 Å². The third kappa shape index (κ3) is 2.72. The molecule has 0 radical (unpaired) electrons. The summed E-state index contributed by atoms with van der Waals surface area (Å²) in [6.07, 6.45) is 0.795. The molecule has 1 N–H and O–H groups in total. The van der Waals surface area contributed by atoms with Crippen molar-refractivity contribution < 1.29 is 9.50 Å². The zero-order valence-corrected chi connectivity index (χ0v) is 8.69. The van der Waals surface area contributed by atoms with Gasteiger partial charge in [-0.05, 0) is 30.5 Å². The fourth-order valence-electron chi connectivity index (χ4n) is 1.09. The molecular formula is C11H17FO. The topological polar surface area (TPSA) is 20.2 Å². The molecule has 1 aromatic rings. The summed E-state index contributed by atoms with van der Waals surface area (Å²) >= 11 is 0. The highest BCUT2D eigenvalue weighted by Crippen LogP contribution is 2.21. The smallest absolute Gasteiger partial charge is 0.167 e. The summed E-state index contributed by atoms with van der Waals surface area (Å²) in [6.45, 7) is 7.63. The van der Waals surface area contributed by atoms with E-state index in [2.05, 4.69) is 0 Å². The number of hydrogen-bond acceptors (Lipinski definition) is 1. The van der Waals surface area contributed by atoms with Gasteiger partial charge in [0.25, 0.3) is 0 Å². The lowest BCUT2D eigenvalue weighted by Crippen LogP contribution is -1.90. The Hall–Kier alpha value is -1.05. The molecular weight excluding hydrogens is 167 g/mol. The second-order valence-corrected chi connectivity index (χ2v) is 2.54. The second kappa shape index (κ2) is 5.57. The Kier molecular flexibility index (Phi) is 5.12. The van der Waals surface area contributed by atoms with Crippen LogP contribution in [0.1, 0.15) is 31.9 Å². The number of phenols is 1. The van der Waals surface area contributed by atoms with Gasteiger partial charge in [0.2, 0.25) is 0 Å². The van der Waals surface area contributed by atoms with Gasteiger partial charge in [0.05, 0.1) is 0 Å². The van der Waals surface area contributed by atoms with Gasteiger partial charge in [-0.3, -0.25) is 0 Å². The fourth-order valence-corrected chi connectivity index (χ4v) is 1.09. The second-order valence-electron chi connectivity index (χ2n) is 2.54. The largest absolute Gasteiger partial charge is 0.505 e. The van der Waals surface area contributed by atoms with Gasteiger partial charge in [-0.1, -0.05) is 26.8 Å². The molecule has 0 amide bonds. The lowest BCUT2D eigenvalue weighted by Gasteiger charge is -2.04. The van der Waals surface area contributed by atoms with Crippen LogP contribution in [0.3, 0.4) is 0 Å². The Labute approximate surface area is 79.2 Å². The highest BCUT2D eigenvalue weighted by Gasteiger charge is 2.06. The summed E-state index contributed by atoms with van der Waals surface area (Å²) in [5, 5.41) is 8.95. The molecule has 0 saturated carbocycles. The Morgan fingerprint density at radius 3 is 2.31 bits per heavy atom. The minimum absolute atomic E-state index is 0.264. The van der Waals surface area contributed by atoms with Crippen molar-refractivity contribution in [2.75, 3.05) is 0 Å². The number of aryl methyl sites for hydroxylation is 1. The average molecular weight is 184 g/mol. The summed E-state index contributed by atoms with van der Waals surface area (Å²) in [7, 11) is 0. The lowest BCUT2D eigenvalue weighted by atomic mass is 10.1. The van der Waals surface area contributed by atoms with Crippen molar-refractivity contribution in [2.24, 2.45) is 0 Å². The van der Waals surface area contributed by atoms with Crippen molar-refractivity contribution >= 4 is 0 Å². The van der Waals surface area contributed by atoms with Crippen LogP contribution in [0, 0.1) is 12.7 Å². The van der Waals surface area contributed by atoms with E-state index in [0.717, 1.165) is 12.0 Å². The third-order valence-corrected chi connectivity index (χ3v) is 1.86. The van der Waals surface area contributed by atoms with E-state index >= 15 is 0 Å². The Bertz CT molecular complexity index is 269. The number of rotatable bonds is 1. The highest BCUT2D eigenvalue weighted by molar-refractivity contribution is 5.35. The van der Waals surface area contributed by atoms with E-state index in [1.165, 1.54) is 6.07 Å². The predicted octanol–water partition coefficient (Wildman–Crippen LogP) is 3.43. The maximum absolute atomic E-state index is 12.9. The van der Waals surface area contributed by atoms with Gasteiger partial charge in [0.1, 0.15) is 0 Å². The van der Waals surface area contributed by atoms with Crippen LogP contribution in [0.15, 0.2) is 12.1 Å². The quantitative estimate of drug-likeness (QED) is 0.709. The summed E-state index contributed by atoms with van der Waals surface area (Å²) in [6, 6.07) is 3.13. The van der Waals surface area contributed by atoms with Crippen molar-refractivity contribution in [1.29, 1.82) is 0 Å². The predicted molar refractivity (Wildman–Crippen MR) is 53.5 cm³/mol. The van der Waals surface area contributed by atoms with Crippen LogP contribution in [0.2, 0.25) is 0 Å². The van der Waals surface area contributed by atoms with E-state index in [-0.39, 0.29) is 5.75 Å². The highest BCUT2D eigenvalue weighted by atomic mass is 19.1. The molecule has 0 bridgehead atoms. The van der Waals surface area contributed by atoms with Crippen LogP contribution in [-0.2, 0) is 6.42 Å². The molecule has 0 aliphatic heterocycles. The molecule has 0 unspecified atom stereocenters. The molecule has 0 fully saturated rings. The maximum Gasteiger partial charge on any atom is 0.167 e. The molecule has 13 heavy (non-hydrogen) atoms. The average Bonchev–Trinajstić information content (AvgIpc) is 2.18. The molecule has 0 aliphatic carbocycles. The van der Waals surface area contributed by atoms with Gasteiger partial charge in [-0.25, -0.2) is 4.39 Å². The van der Waals surface area contributed by atoms with Gasteiger partial charge in [0, 0.05) is 0 Å². The van der Waals surface area contributed by atoms with E-state index < -0.39 is 5.82 Å². The van der Waals surface area contributed by atoms with E-state index in [1.54, 1.807) is 13.0 Å². The van der Waals surface area contributed by atoms with Crippen LogP contribution in [0.5, 0.6) is 5.75 Å².